The summed E-state index contributed by atoms with van der Waals surface area (Å²) in [6.45, 7) is 8.13. The Hall–Kier alpha value is -2.40. The molecule has 0 radical (unpaired) electrons. The molecule has 154 valence electrons. The van der Waals surface area contributed by atoms with Gasteiger partial charge in [0, 0.05) is 44.8 Å². The lowest BCUT2D eigenvalue weighted by atomic mass is 9.99. The van der Waals surface area contributed by atoms with E-state index in [9.17, 15) is 9.18 Å². The van der Waals surface area contributed by atoms with Crippen LogP contribution in [-0.4, -0.2) is 55.0 Å². The third-order valence-electron chi connectivity index (χ3n) is 6.11. The number of amides is 1. The van der Waals surface area contributed by atoms with Crippen LogP contribution in [0.5, 0.6) is 0 Å². The lowest BCUT2D eigenvalue weighted by molar-refractivity contribution is 0.0746. The number of carbonyl (C=O) groups is 1. The lowest BCUT2D eigenvalue weighted by Crippen LogP contribution is -2.49. The number of likely N-dealkylation sites (tertiary alicyclic amines) is 1. The number of para-hydroxylation sites is 1. The fourth-order valence-corrected chi connectivity index (χ4v) is 4.48. The number of halogens is 1. The molecule has 4 rings (SSSR count). The minimum absolute atomic E-state index is 0.0660. The molecule has 2 aliphatic rings. The number of carbonyl (C=O) groups excluding carboxylic acids is 1. The number of piperazine rings is 1. The average Bonchev–Trinajstić information content (AvgIpc) is 2.74. The largest absolute Gasteiger partial charge is 0.366 e. The second-order valence-electron chi connectivity index (χ2n) is 8.41. The smallest absolute Gasteiger partial charge is 0.253 e. The van der Waals surface area contributed by atoms with Gasteiger partial charge in [0.15, 0.2) is 0 Å². The van der Waals surface area contributed by atoms with Gasteiger partial charge in [0.1, 0.15) is 5.82 Å². The molecule has 0 spiro atoms. The van der Waals surface area contributed by atoms with Gasteiger partial charge in [-0.05, 0) is 55.1 Å². The normalized spacial score (nSPS) is 20.7. The summed E-state index contributed by atoms with van der Waals surface area (Å²) < 4.78 is 14.0. The van der Waals surface area contributed by atoms with Crippen molar-refractivity contribution < 1.29 is 9.18 Å². The molecular weight excluding hydrogens is 365 g/mol. The van der Waals surface area contributed by atoms with Crippen molar-refractivity contribution >= 4 is 11.6 Å². The van der Waals surface area contributed by atoms with Crippen LogP contribution in [0.25, 0.3) is 0 Å². The first-order valence-corrected chi connectivity index (χ1v) is 10.7. The van der Waals surface area contributed by atoms with E-state index in [4.69, 9.17) is 0 Å². The fourth-order valence-electron chi connectivity index (χ4n) is 4.48. The molecule has 0 saturated carbocycles. The standard InChI is InChI=1S/C24H30FN3O/c1-19-5-4-12-26(17-19)18-20-8-10-21(11-9-20)24(29)28-15-13-27(14-16-28)23-7-3-2-6-22(23)25/h2-3,6-11,19H,4-5,12-18H2,1H3. The maximum Gasteiger partial charge on any atom is 0.253 e. The average molecular weight is 396 g/mol. The summed E-state index contributed by atoms with van der Waals surface area (Å²) in [6.07, 6.45) is 2.60. The van der Waals surface area contributed by atoms with Gasteiger partial charge in [-0.1, -0.05) is 31.2 Å². The van der Waals surface area contributed by atoms with Crippen LogP contribution in [0.4, 0.5) is 10.1 Å². The minimum atomic E-state index is -0.203. The van der Waals surface area contributed by atoms with Crippen molar-refractivity contribution in [2.45, 2.75) is 26.3 Å². The predicted molar refractivity (Wildman–Crippen MR) is 115 cm³/mol. The molecule has 2 fully saturated rings. The maximum atomic E-state index is 14.0. The van der Waals surface area contributed by atoms with Crippen LogP contribution in [0.3, 0.4) is 0 Å². The number of anilines is 1. The maximum absolute atomic E-state index is 14.0. The van der Waals surface area contributed by atoms with Crippen molar-refractivity contribution in [1.82, 2.24) is 9.80 Å². The summed E-state index contributed by atoms with van der Waals surface area (Å²) in [5, 5.41) is 0. The summed E-state index contributed by atoms with van der Waals surface area (Å²) in [4.78, 5) is 19.3. The highest BCUT2D eigenvalue weighted by atomic mass is 19.1. The second kappa shape index (κ2) is 8.95. The Kier molecular flexibility index (Phi) is 6.14. The number of benzene rings is 2. The fraction of sp³-hybridized carbons (Fsp3) is 0.458. The molecule has 2 aromatic carbocycles. The van der Waals surface area contributed by atoms with E-state index in [-0.39, 0.29) is 11.7 Å². The summed E-state index contributed by atoms with van der Waals surface area (Å²) in [7, 11) is 0. The van der Waals surface area contributed by atoms with E-state index in [1.165, 1.54) is 24.5 Å². The molecule has 1 atom stereocenters. The van der Waals surface area contributed by atoms with Crippen molar-refractivity contribution in [3.05, 3.63) is 65.5 Å². The highest BCUT2D eigenvalue weighted by Crippen LogP contribution is 2.21. The Morgan fingerprint density at radius 3 is 2.41 bits per heavy atom. The molecule has 0 aliphatic carbocycles. The zero-order valence-electron chi connectivity index (χ0n) is 17.2. The molecule has 2 saturated heterocycles. The Morgan fingerprint density at radius 2 is 1.72 bits per heavy atom. The van der Waals surface area contributed by atoms with Crippen LogP contribution in [0.1, 0.15) is 35.7 Å². The first-order chi connectivity index (χ1) is 14.1. The molecule has 2 aromatic rings. The molecule has 0 bridgehead atoms. The zero-order valence-corrected chi connectivity index (χ0v) is 17.2. The minimum Gasteiger partial charge on any atom is -0.366 e. The molecule has 2 aliphatic heterocycles. The number of rotatable bonds is 4. The van der Waals surface area contributed by atoms with E-state index >= 15 is 0 Å². The third kappa shape index (κ3) is 4.78. The van der Waals surface area contributed by atoms with Crippen molar-refractivity contribution in [3.8, 4) is 0 Å². The molecule has 2 heterocycles. The van der Waals surface area contributed by atoms with Crippen LogP contribution in [0.2, 0.25) is 0 Å². The summed E-state index contributed by atoms with van der Waals surface area (Å²) >= 11 is 0. The highest BCUT2D eigenvalue weighted by Gasteiger charge is 2.23. The number of nitrogens with zero attached hydrogens (tertiary/aromatic N) is 3. The number of hydrogen-bond acceptors (Lipinski definition) is 3. The monoisotopic (exact) mass is 395 g/mol. The van der Waals surface area contributed by atoms with Gasteiger partial charge in [-0.3, -0.25) is 9.69 Å². The van der Waals surface area contributed by atoms with Crippen LogP contribution >= 0.6 is 0 Å². The van der Waals surface area contributed by atoms with Crippen molar-refractivity contribution in [3.63, 3.8) is 0 Å². The van der Waals surface area contributed by atoms with Gasteiger partial charge in [-0.25, -0.2) is 4.39 Å². The third-order valence-corrected chi connectivity index (χ3v) is 6.11. The SMILES string of the molecule is CC1CCCN(Cc2ccc(C(=O)N3CCN(c4ccccc4F)CC3)cc2)C1. The van der Waals surface area contributed by atoms with E-state index in [2.05, 4.69) is 24.0 Å². The quantitative estimate of drug-likeness (QED) is 0.782. The van der Waals surface area contributed by atoms with Crippen molar-refractivity contribution in [2.75, 3.05) is 44.2 Å². The molecule has 1 amide bonds. The van der Waals surface area contributed by atoms with Gasteiger partial charge in [-0.2, -0.15) is 0 Å². The van der Waals surface area contributed by atoms with E-state index in [1.54, 1.807) is 12.1 Å². The van der Waals surface area contributed by atoms with Gasteiger partial charge in [-0.15, -0.1) is 0 Å². The van der Waals surface area contributed by atoms with Crippen LogP contribution in [0.15, 0.2) is 48.5 Å². The number of hydrogen-bond donors (Lipinski definition) is 0. The van der Waals surface area contributed by atoms with E-state index in [0.29, 0.717) is 31.9 Å². The second-order valence-corrected chi connectivity index (χ2v) is 8.41. The highest BCUT2D eigenvalue weighted by molar-refractivity contribution is 5.94. The number of piperidine rings is 1. The predicted octanol–water partition coefficient (Wildman–Crippen LogP) is 4.02. The van der Waals surface area contributed by atoms with E-state index in [1.807, 2.05) is 28.0 Å². The Labute approximate surface area is 172 Å². The van der Waals surface area contributed by atoms with Gasteiger partial charge < -0.3 is 9.80 Å². The molecule has 5 heteroatoms. The Bertz CT molecular complexity index is 830. The van der Waals surface area contributed by atoms with Crippen LogP contribution in [0, 0.1) is 11.7 Å². The zero-order chi connectivity index (χ0) is 20.2. The first-order valence-electron chi connectivity index (χ1n) is 10.7. The van der Waals surface area contributed by atoms with Crippen molar-refractivity contribution in [1.29, 1.82) is 0 Å². The van der Waals surface area contributed by atoms with Crippen LogP contribution in [-0.2, 0) is 6.54 Å². The molecule has 4 nitrogen and oxygen atoms in total. The van der Waals surface area contributed by atoms with Gasteiger partial charge in [0.05, 0.1) is 5.69 Å². The Morgan fingerprint density at radius 1 is 1.00 bits per heavy atom. The topological polar surface area (TPSA) is 26.8 Å². The molecule has 1 unspecified atom stereocenters. The van der Waals surface area contributed by atoms with E-state index < -0.39 is 0 Å². The Balaban J connectivity index is 1.32. The molecule has 0 N–H and O–H groups in total. The first kappa shape index (κ1) is 19.9. The van der Waals surface area contributed by atoms with Crippen LogP contribution < -0.4 is 4.90 Å². The lowest BCUT2D eigenvalue weighted by Gasteiger charge is -2.36. The van der Waals surface area contributed by atoms with Gasteiger partial charge in [0.2, 0.25) is 0 Å². The molecule has 29 heavy (non-hydrogen) atoms. The summed E-state index contributed by atoms with van der Waals surface area (Å²) in [5.74, 6) is 0.634. The summed E-state index contributed by atoms with van der Waals surface area (Å²) in [5.41, 5.74) is 2.62. The van der Waals surface area contributed by atoms with Gasteiger partial charge >= 0.3 is 0 Å². The summed E-state index contributed by atoms with van der Waals surface area (Å²) in [6, 6.07) is 14.9. The van der Waals surface area contributed by atoms with Gasteiger partial charge in [0.25, 0.3) is 5.91 Å². The molecular formula is C24H30FN3O. The van der Waals surface area contributed by atoms with Crippen molar-refractivity contribution in [2.24, 2.45) is 5.92 Å². The van der Waals surface area contributed by atoms with E-state index in [0.717, 1.165) is 31.1 Å². The molecule has 0 aromatic heterocycles.